The zero-order chi connectivity index (χ0) is 19.7. The number of hydrogen-bond acceptors (Lipinski definition) is 2. The largest absolute Gasteiger partial charge is 0.316 e. The van der Waals surface area contributed by atoms with Crippen molar-refractivity contribution in [3.63, 3.8) is 0 Å². The van der Waals surface area contributed by atoms with Gasteiger partial charge in [-0.2, -0.15) is 5.26 Å². The first-order valence-electron chi connectivity index (χ1n) is 9.94. The second kappa shape index (κ2) is 7.07. The maximum Gasteiger partial charge on any atom is 0.121 e. The normalized spacial score (nSPS) is 18.2. The van der Waals surface area contributed by atoms with Crippen LogP contribution in [0.4, 0.5) is 0 Å². The minimum Gasteiger partial charge on any atom is -0.316 e. The molecule has 0 saturated heterocycles. The fourth-order valence-corrected chi connectivity index (χ4v) is 4.48. The van der Waals surface area contributed by atoms with Crippen molar-refractivity contribution in [3.8, 4) is 6.07 Å². The molecule has 5 rings (SSSR count). The van der Waals surface area contributed by atoms with E-state index in [0.29, 0.717) is 0 Å². The van der Waals surface area contributed by atoms with Crippen LogP contribution < -0.4 is 0 Å². The molecular weight excluding hydrogens is 354 g/mol. The van der Waals surface area contributed by atoms with Gasteiger partial charge < -0.3 is 4.57 Å². The van der Waals surface area contributed by atoms with Gasteiger partial charge in [0.1, 0.15) is 5.54 Å². The van der Waals surface area contributed by atoms with Crippen LogP contribution in [0.2, 0.25) is 0 Å². The molecule has 0 aliphatic heterocycles. The molecule has 1 aromatic heterocycles. The van der Waals surface area contributed by atoms with Crippen LogP contribution in [0.25, 0.3) is 0 Å². The average Bonchev–Trinajstić information content (AvgIpc) is 3.43. The first-order chi connectivity index (χ1) is 14.4. The molecule has 1 aliphatic rings. The monoisotopic (exact) mass is 375 g/mol. The Balaban J connectivity index is 1.86. The van der Waals surface area contributed by atoms with Crippen molar-refractivity contribution in [1.29, 1.82) is 5.26 Å². The molecule has 140 valence electrons. The Morgan fingerprint density at radius 3 is 1.69 bits per heavy atom. The minimum absolute atomic E-state index is 0.0745. The zero-order valence-corrected chi connectivity index (χ0v) is 16.0. The highest BCUT2D eigenvalue weighted by atomic mass is 15.1. The number of benzene rings is 3. The van der Waals surface area contributed by atoms with E-state index in [4.69, 9.17) is 0 Å². The van der Waals surface area contributed by atoms with Crippen molar-refractivity contribution in [2.75, 3.05) is 0 Å². The average molecular weight is 375 g/mol. The van der Waals surface area contributed by atoms with Gasteiger partial charge in [-0.05, 0) is 23.1 Å². The predicted molar refractivity (Wildman–Crippen MR) is 113 cm³/mol. The molecule has 4 aromatic rings. The standard InChI is InChI=1S/C26H21N3/c27-17-20-16-24(20)25-18-28-19-29(25)26(21-10-4-1-5-11-21,22-12-6-2-7-13-22)23-14-8-3-9-15-23/h1-15,18-20,24H,16H2. The lowest BCUT2D eigenvalue weighted by molar-refractivity contribution is 0.495. The van der Waals surface area contributed by atoms with E-state index in [1.807, 2.05) is 30.7 Å². The lowest BCUT2D eigenvalue weighted by Crippen LogP contribution is -2.38. The van der Waals surface area contributed by atoms with Gasteiger partial charge in [-0.25, -0.2) is 4.98 Å². The molecule has 3 nitrogen and oxygen atoms in total. The maximum atomic E-state index is 9.44. The molecule has 1 aliphatic carbocycles. The summed E-state index contributed by atoms with van der Waals surface area (Å²) in [7, 11) is 0. The summed E-state index contributed by atoms with van der Waals surface area (Å²) in [5.41, 5.74) is 4.08. The fraction of sp³-hybridized carbons (Fsp3) is 0.154. The summed E-state index contributed by atoms with van der Waals surface area (Å²) in [4.78, 5) is 4.55. The first kappa shape index (κ1) is 17.5. The second-order valence-corrected chi connectivity index (χ2v) is 7.57. The number of nitriles is 1. The van der Waals surface area contributed by atoms with E-state index in [2.05, 4.69) is 88.4 Å². The highest BCUT2D eigenvalue weighted by Crippen LogP contribution is 2.50. The van der Waals surface area contributed by atoms with E-state index >= 15 is 0 Å². The minimum atomic E-state index is -0.557. The van der Waals surface area contributed by atoms with Crippen LogP contribution in [-0.4, -0.2) is 9.55 Å². The fourth-order valence-electron chi connectivity index (χ4n) is 4.48. The van der Waals surface area contributed by atoms with Crippen LogP contribution in [0.3, 0.4) is 0 Å². The third kappa shape index (κ3) is 2.77. The smallest absolute Gasteiger partial charge is 0.121 e. The molecule has 29 heavy (non-hydrogen) atoms. The quantitative estimate of drug-likeness (QED) is 0.441. The van der Waals surface area contributed by atoms with Crippen molar-refractivity contribution in [1.82, 2.24) is 9.55 Å². The summed E-state index contributed by atoms with van der Waals surface area (Å²) < 4.78 is 2.29. The van der Waals surface area contributed by atoms with E-state index in [0.717, 1.165) is 12.1 Å². The van der Waals surface area contributed by atoms with E-state index < -0.39 is 5.54 Å². The van der Waals surface area contributed by atoms with Crippen molar-refractivity contribution in [2.45, 2.75) is 17.9 Å². The molecule has 3 heteroatoms. The number of hydrogen-bond donors (Lipinski definition) is 0. The zero-order valence-electron chi connectivity index (χ0n) is 16.0. The molecule has 3 aromatic carbocycles. The van der Waals surface area contributed by atoms with Gasteiger partial charge in [0, 0.05) is 17.8 Å². The highest BCUT2D eigenvalue weighted by Gasteiger charge is 2.46. The number of imidazole rings is 1. The molecule has 0 amide bonds. The molecule has 0 radical (unpaired) electrons. The van der Waals surface area contributed by atoms with Crippen LogP contribution >= 0.6 is 0 Å². The second-order valence-electron chi connectivity index (χ2n) is 7.57. The molecule has 1 heterocycles. The molecular formula is C26H21N3. The molecule has 2 atom stereocenters. The van der Waals surface area contributed by atoms with Gasteiger partial charge in [0.25, 0.3) is 0 Å². The lowest BCUT2D eigenvalue weighted by Gasteiger charge is -2.38. The highest BCUT2D eigenvalue weighted by molar-refractivity contribution is 5.51. The van der Waals surface area contributed by atoms with Gasteiger partial charge in [-0.15, -0.1) is 0 Å². The number of nitrogens with zero attached hydrogens (tertiary/aromatic N) is 3. The Kier molecular flexibility index (Phi) is 4.26. The number of aromatic nitrogens is 2. The maximum absolute atomic E-state index is 9.44. The summed E-state index contributed by atoms with van der Waals surface area (Å²) in [6.07, 6.45) is 4.76. The molecule has 0 spiro atoms. The van der Waals surface area contributed by atoms with Gasteiger partial charge in [0.15, 0.2) is 0 Å². The van der Waals surface area contributed by atoms with Gasteiger partial charge >= 0.3 is 0 Å². The van der Waals surface area contributed by atoms with Gasteiger partial charge in [0.2, 0.25) is 0 Å². The van der Waals surface area contributed by atoms with Crippen LogP contribution in [-0.2, 0) is 5.54 Å². The Morgan fingerprint density at radius 2 is 1.28 bits per heavy atom. The van der Waals surface area contributed by atoms with E-state index in [-0.39, 0.29) is 11.8 Å². The summed E-state index contributed by atoms with van der Waals surface area (Å²) in [6, 6.07) is 34.2. The molecule has 1 saturated carbocycles. The Labute approximate surface area is 170 Å². The third-order valence-electron chi connectivity index (χ3n) is 5.94. The van der Waals surface area contributed by atoms with E-state index in [1.54, 1.807) is 0 Å². The van der Waals surface area contributed by atoms with Crippen molar-refractivity contribution >= 4 is 0 Å². The first-order valence-corrected chi connectivity index (χ1v) is 9.94. The molecule has 2 unspecified atom stereocenters. The summed E-state index contributed by atoms with van der Waals surface area (Å²) in [6.45, 7) is 0. The van der Waals surface area contributed by atoms with E-state index in [1.165, 1.54) is 16.7 Å². The van der Waals surface area contributed by atoms with Gasteiger partial charge in [-0.1, -0.05) is 91.0 Å². The number of rotatable bonds is 5. The van der Waals surface area contributed by atoms with Crippen molar-refractivity contribution in [2.24, 2.45) is 5.92 Å². The van der Waals surface area contributed by atoms with Crippen LogP contribution in [0.5, 0.6) is 0 Å². The SMILES string of the molecule is N#CC1CC1c1cncn1C(c1ccccc1)(c1ccccc1)c1ccccc1. The summed E-state index contributed by atoms with van der Waals surface area (Å²) >= 11 is 0. The van der Waals surface area contributed by atoms with Crippen LogP contribution in [0, 0.1) is 17.2 Å². The van der Waals surface area contributed by atoms with Crippen molar-refractivity contribution in [3.05, 3.63) is 126 Å². The van der Waals surface area contributed by atoms with Crippen LogP contribution in [0.1, 0.15) is 34.7 Å². The Hall–Kier alpha value is -3.64. The topological polar surface area (TPSA) is 41.6 Å². The summed E-state index contributed by atoms with van der Waals surface area (Å²) in [5.74, 6) is 0.309. The Morgan fingerprint density at radius 1 is 0.793 bits per heavy atom. The van der Waals surface area contributed by atoms with Gasteiger partial charge in [-0.3, -0.25) is 0 Å². The summed E-state index contributed by atoms with van der Waals surface area (Å²) in [5, 5.41) is 9.44. The lowest BCUT2D eigenvalue weighted by atomic mass is 9.76. The van der Waals surface area contributed by atoms with Crippen molar-refractivity contribution < 1.29 is 0 Å². The van der Waals surface area contributed by atoms with Crippen LogP contribution in [0.15, 0.2) is 104 Å². The third-order valence-corrected chi connectivity index (χ3v) is 5.94. The Bertz CT molecular complexity index is 1040. The van der Waals surface area contributed by atoms with E-state index in [9.17, 15) is 5.26 Å². The molecule has 1 fully saturated rings. The molecule has 0 N–H and O–H groups in total. The molecule has 0 bridgehead atoms. The van der Waals surface area contributed by atoms with Gasteiger partial charge in [0.05, 0.1) is 18.3 Å². The predicted octanol–water partition coefficient (Wildman–Crippen LogP) is 5.35.